The first-order valence-electron chi connectivity index (χ1n) is 6.64. The molecule has 0 saturated carbocycles. The van der Waals surface area contributed by atoms with E-state index in [9.17, 15) is 4.79 Å². The van der Waals surface area contributed by atoms with E-state index in [1.54, 1.807) is 0 Å². The molecule has 96 valence electrons. The lowest BCUT2D eigenvalue weighted by atomic mass is 9.93. The van der Waals surface area contributed by atoms with Crippen molar-refractivity contribution in [3.8, 4) is 0 Å². The first-order chi connectivity index (χ1) is 7.63. The van der Waals surface area contributed by atoms with Crippen LogP contribution in [0.3, 0.4) is 0 Å². The van der Waals surface area contributed by atoms with Crippen molar-refractivity contribution in [1.82, 2.24) is 10.2 Å². The van der Waals surface area contributed by atoms with Crippen LogP contribution in [0.1, 0.15) is 47.9 Å². The van der Waals surface area contributed by atoms with Crippen molar-refractivity contribution in [2.75, 3.05) is 19.6 Å². The number of hydrogen-bond donors (Lipinski definition) is 1. The van der Waals surface area contributed by atoms with Crippen LogP contribution in [0.5, 0.6) is 0 Å². The average Bonchev–Trinajstić information content (AvgIpc) is 2.29. The van der Waals surface area contributed by atoms with Gasteiger partial charge in [-0.25, -0.2) is 0 Å². The molecule has 0 aromatic rings. The number of carbonyl (C=O) groups excluding carboxylic acids is 1. The van der Waals surface area contributed by atoms with Gasteiger partial charge in [0.05, 0.1) is 0 Å². The Morgan fingerprint density at radius 1 is 1.44 bits per heavy atom. The highest BCUT2D eigenvalue weighted by Gasteiger charge is 2.20. The third-order valence-electron chi connectivity index (χ3n) is 3.58. The Labute approximate surface area is 101 Å². The second-order valence-electron chi connectivity index (χ2n) is 5.07. The van der Waals surface area contributed by atoms with Gasteiger partial charge in [0, 0.05) is 20.4 Å². The van der Waals surface area contributed by atoms with E-state index in [2.05, 4.69) is 24.1 Å². The molecule has 0 aliphatic carbocycles. The molecule has 1 aliphatic rings. The smallest absolute Gasteiger partial charge is 0.219 e. The SMILES string of the molecule is CCC(=O)NCCC1CCN(C(C)C)CC1.[HH]. The molecule has 0 bridgehead atoms. The maximum absolute atomic E-state index is 11.1. The van der Waals surface area contributed by atoms with E-state index in [1.165, 1.54) is 25.9 Å². The number of nitrogens with one attached hydrogen (secondary N) is 1. The summed E-state index contributed by atoms with van der Waals surface area (Å²) in [5.74, 6) is 0.992. The standard InChI is InChI=1S/C13H26N2O.H2/c1-4-13(16)14-8-5-12-6-9-15(10-7-12)11(2)3;/h11-12H,4-10H2,1-3H3,(H,14,16);1H. The van der Waals surface area contributed by atoms with Crippen LogP contribution >= 0.6 is 0 Å². The summed E-state index contributed by atoms with van der Waals surface area (Å²) < 4.78 is 0. The molecule has 1 N–H and O–H groups in total. The third-order valence-corrected chi connectivity index (χ3v) is 3.58. The number of rotatable bonds is 5. The molecule has 1 heterocycles. The summed E-state index contributed by atoms with van der Waals surface area (Å²) >= 11 is 0. The summed E-state index contributed by atoms with van der Waals surface area (Å²) in [6.45, 7) is 9.74. The summed E-state index contributed by atoms with van der Waals surface area (Å²) in [7, 11) is 0. The monoisotopic (exact) mass is 228 g/mol. The molecular weight excluding hydrogens is 200 g/mol. The molecule has 0 spiro atoms. The number of likely N-dealkylation sites (tertiary alicyclic amines) is 1. The molecule has 0 atom stereocenters. The summed E-state index contributed by atoms with van der Waals surface area (Å²) in [4.78, 5) is 13.6. The van der Waals surface area contributed by atoms with Crippen molar-refractivity contribution in [2.24, 2.45) is 5.92 Å². The van der Waals surface area contributed by atoms with Crippen LogP contribution in [0.4, 0.5) is 0 Å². The molecule has 0 aromatic heterocycles. The van der Waals surface area contributed by atoms with Gasteiger partial charge >= 0.3 is 0 Å². The maximum Gasteiger partial charge on any atom is 0.219 e. The van der Waals surface area contributed by atoms with Gasteiger partial charge in [-0.15, -0.1) is 0 Å². The third kappa shape index (κ3) is 4.52. The van der Waals surface area contributed by atoms with Gasteiger partial charge in [-0.05, 0) is 52.1 Å². The van der Waals surface area contributed by atoms with Gasteiger partial charge < -0.3 is 10.2 Å². The Kier molecular flexibility index (Phi) is 5.81. The summed E-state index contributed by atoms with van der Waals surface area (Å²) in [6, 6.07) is 0.681. The number of piperidine rings is 1. The summed E-state index contributed by atoms with van der Waals surface area (Å²) in [5.41, 5.74) is 0. The molecule has 1 aliphatic heterocycles. The minimum absolute atomic E-state index is 0. The van der Waals surface area contributed by atoms with Gasteiger partial charge in [-0.3, -0.25) is 4.79 Å². The van der Waals surface area contributed by atoms with Crippen LogP contribution in [0, 0.1) is 5.92 Å². The number of carbonyl (C=O) groups is 1. The largest absolute Gasteiger partial charge is 0.356 e. The zero-order valence-corrected chi connectivity index (χ0v) is 11.0. The van der Waals surface area contributed by atoms with E-state index < -0.39 is 0 Å². The Balaban J connectivity index is 0.00000256. The van der Waals surface area contributed by atoms with Crippen molar-refractivity contribution in [1.29, 1.82) is 0 Å². The highest BCUT2D eigenvalue weighted by molar-refractivity contribution is 5.75. The van der Waals surface area contributed by atoms with Crippen molar-refractivity contribution in [3.05, 3.63) is 0 Å². The Bertz CT molecular complexity index is 213. The van der Waals surface area contributed by atoms with E-state index in [1.807, 2.05) is 6.92 Å². The molecule has 3 heteroatoms. The lowest BCUT2D eigenvalue weighted by Crippen LogP contribution is -2.39. The molecule has 1 saturated heterocycles. The quantitative estimate of drug-likeness (QED) is 0.783. The van der Waals surface area contributed by atoms with Crippen LogP contribution in [0.25, 0.3) is 0 Å². The topological polar surface area (TPSA) is 32.3 Å². The lowest BCUT2D eigenvalue weighted by Gasteiger charge is -2.34. The highest BCUT2D eigenvalue weighted by atomic mass is 16.1. The first-order valence-corrected chi connectivity index (χ1v) is 6.64. The number of amides is 1. The second-order valence-corrected chi connectivity index (χ2v) is 5.07. The molecule has 0 unspecified atom stereocenters. The maximum atomic E-state index is 11.1. The fourth-order valence-electron chi connectivity index (χ4n) is 2.30. The normalized spacial score (nSPS) is 19.0. The predicted molar refractivity (Wildman–Crippen MR) is 69.5 cm³/mol. The molecule has 1 rings (SSSR count). The van der Waals surface area contributed by atoms with Crippen molar-refractivity contribution < 1.29 is 6.22 Å². The van der Waals surface area contributed by atoms with E-state index >= 15 is 0 Å². The zero-order chi connectivity index (χ0) is 12.0. The molecule has 3 nitrogen and oxygen atoms in total. The minimum atomic E-state index is 0. The van der Waals surface area contributed by atoms with Crippen molar-refractivity contribution in [2.45, 2.75) is 52.5 Å². The Morgan fingerprint density at radius 2 is 2.06 bits per heavy atom. The first kappa shape index (κ1) is 13.5. The Hall–Kier alpha value is -0.570. The Morgan fingerprint density at radius 3 is 2.56 bits per heavy atom. The summed E-state index contributed by atoms with van der Waals surface area (Å²) in [6.07, 6.45) is 4.34. The van der Waals surface area contributed by atoms with Gasteiger partial charge in [0.2, 0.25) is 5.91 Å². The average molecular weight is 228 g/mol. The number of nitrogens with zero attached hydrogens (tertiary/aromatic N) is 1. The van der Waals surface area contributed by atoms with Gasteiger partial charge in [0.1, 0.15) is 0 Å². The lowest BCUT2D eigenvalue weighted by molar-refractivity contribution is -0.120. The second kappa shape index (κ2) is 6.89. The fourth-order valence-corrected chi connectivity index (χ4v) is 2.30. The molecule has 16 heavy (non-hydrogen) atoms. The molecule has 1 fully saturated rings. The van der Waals surface area contributed by atoms with E-state index in [4.69, 9.17) is 0 Å². The van der Waals surface area contributed by atoms with Gasteiger partial charge in [-0.2, -0.15) is 0 Å². The van der Waals surface area contributed by atoms with Crippen LogP contribution < -0.4 is 5.32 Å². The van der Waals surface area contributed by atoms with Gasteiger partial charge in [0.25, 0.3) is 0 Å². The van der Waals surface area contributed by atoms with Crippen molar-refractivity contribution >= 4 is 5.91 Å². The molecule has 0 radical (unpaired) electrons. The predicted octanol–water partition coefficient (Wildman–Crippen LogP) is 2.27. The minimum Gasteiger partial charge on any atom is -0.356 e. The van der Waals surface area contributed by atoms with Crippen LogP contribution in [-0.4, -0.2) is 36.5 Å². The van der Waals surface area contributed by atoms with E-state index in [-0.39, 0.29) is 7.33 Å². The van der Waals surface area contributed by atoms with Crippen molar-refractivity contribution in [3.63, 3.8) is 0 Å². The van der Waals surface area contributed by atoms with Crippen LogP contribution in [0.2, 0.25) is 0 Å². The van der Waals surface area contributed by atoms with E-state index in [0.717, 1.165) is 18.9 Å². The molecule has 0 aromatic carbocycles. The highest BCUT2D eigenvalue weighted by Crippen LogP contribution is 2.21. The van der Waals surface area contributed by atoms with E-state index in [0.29, 0.717) is 12.5 Å². The van der Waals surface area contributed by atoms with Crippen LogP contribution in [-0.2, 0) is 4.79 Å². The van der Waals surface area contributed by atoms with Gasteiger partial charge in [-0.1, -0.05) is 6.92 Å². The molecular formula is C13H28N2O. The number of hydrogen-bond acceptors (Lipinski definition) is 2. The van der Waals surface area contributed by atoms with Gasteiger partial charge in [0.15, 0.2) is 0 Å². The fraction of sp³-hybridized carbons (Fsp3) is 0.923. The molecule has 1 amide bonds. The van der Waals surface area contributed by atoms with Crippen LogP contribution in [0.15, 0.2) is 0 Å². The summed E-state index contributed by atoms with van der Waals surface area (Å²) in [5, 5.41) is 2.96. The zero-order valence-electron chi connectivity index (χ0n) is 11.0.